The first-order valence-corrected chi connectivity index (χ1v) is 20.1. The van der Waals surface area contributed by atoms with Crippen molar-refractivity contribution in [3.05, 3.63) is 100 Å². The molecule has 264 valence electrons. The third kappa shape index (κ3) is 7.55. The molecule has 1 amide bonds. The molecule has 10 heteroatoms. The van der Waals surface area contributed by atoms with Crippen molar-refractivity contribution in [1.29, 1.82) is 0 Å². The molecule has 1 spiro atoms. The molecule has 2 aliphatic carbocycles. The standard InChI is InChI=1S/C40H46ClN3O5S/c1-48-37-7-3-2-4-21-50(47,25-33(45)12-8-28-16-19-42-20-17-28)43-39(46)30-10-15-38-36(23-30)44(24-31-9-13-34(31)37)26-40(27-49-38)18-5-6-29-22-32(41)11-14-35(29)40/h3,7,10-11,14-17,19-20,22-23,31,34,37H,2,4-6,8-9,12-13,18,21,24-27H2,1H3/b7-3+/t31-,34+,37-,40-,50+/m0/s1. The number of hydrogen-bond acceptors (Lipinski definition) is 7. The molecule has 1 fully saturated rings. The maximum atomic E-state index is 14.4. The predicted molar refractivity (Wildman–Crippen MR) is 198 cm³/mol. The lowest BCUT2D eigenvalue weighted by atomic mass is 9.68. The fraction of sp³-hybridized carbons (Fsp3) is 0.475. The summed E-state index contributed by atoms with van der Waals surface area (Å²) in [6.45, 7) is 2.06. The Kier molecular flexibility index (Phi) is 10.5. The normalized spacial score (nSPS) is 28.6. The smallest absolute Gasteiger partial charge is 0.285 e. The molecule has 3 aromatic rings. The molecule has 1 aromatic heterocycles. The molecule has 8 nitrogen and oxygen atoms in total. The van der Waals surface area contributed by atoms with Gasteiger partial charge in [-0.25, -0.2) is 4.21 Å². The lowest BCUT2D eigenvalue weighted by molar-refractivity contribution is -0.116. The number of carbonyl (C=O) groups is 2. The SMILES string of the molecule is CO[C@H]1/C=C/CCC[S@@](=O)(CC(=O)CCc2ccncc2)=NC(=O)c2ccc3c(c2)N(C[C@@H]2CC[C@H]21)C[C@@]1(CCCc2cc(Cl)ccc21)CO3. The van der Waals surface area contributed by atoms with Crippen LogP contribution in [0.5, 0.6) is 5.75 Å². The van der Waals surface area contributed by atoms with Crippen molar-refractivity contribution in [2.45, 2.75) is 69.3 Å². The van der Waals surface area contributed by atoms with Crippen LogP contribution in [0.4, 0.5) is 5.69 Å². The fourth-order valence-electron chi connectivity index (χ4n) is 8.35. The highest BCUT2D eigenvalue weighted by Gasteiger charge is 2.44. The number of pyridine rings is 1. The molecule has 2 bridgehead atoms. The molecule has 2 aromatic carbocycles. The minimum Gasteiger partial charge on any atom is -0.490 e. The Hall–Kier alpha value is -3.53. The van der Waals surface area contributed by atoms with E-state index in [9.17, 15) is 13.8 Å². The number of hydrogen-bond donors (Lipinski definition) is 0. The van der Waals surface area contributed by atoms with Crippen LogP contribution < -0.4 is 9.64 Å². The van der Waals surface area contributed by atoms with Crippen LogP contribution in [0, 0.1) is 11.8 Å². The number of aromatic nitrogens is 1. The molecule has 50 heavy (non-hydrogen) atoms. The van der Waals surface area contributed by atoms with E-state index in [1.807, 2.05) is 30.3 Å². The fourth-order valence-corrected chi connectivity index (χ4v) is 10.5. The Labute approximate surface area is 300 Å². The van der Waals surface area contributed by atoms with E-state index in [1.54, 1.807) is 25.6 Å². The lowest BCUT2D eigenvalue weighted by Crippen LogP contribution is -2.49. The van der Waals surface area contributed by atoms with E-state index in [1.165, 1.54) is 11.1 Å². The molecule has 3 heterocycles. The predicted octanol–water partition coefficient (Wildman–Crippen LogP) is 7.41. The van der Waals surface area contributed by atoms with Crippen LogP contribution >= 0.6 is 11.6 Å². The van der Waals surface area contributed by atoms with Crippen molar-refractivity contribution >= 4 is 38.7 Å². The van der Waals surface area contributed by atoms with Crippen molar-refractivity contribution in [2.24, 2.45) is 16.2 Å². The number of Topliss-reactive ketones (excluding diaryl/α,β-unsaturated/α-hetero) is 1. The van der Waals surface area contributed by atoms with E-state index in [4.69, 9.17) is 21.1 Å². The largest absolute Gasteiger partial charge is 0.490 e. The van der Waals surface area contributed by atoms with Crippen LogP contribution in [0.25, 0.3) is 0 Å². The molecule has 4 aliphatic rings. The number of fused-ring (bicyclic) bond motifs is 4. The number of anilines is 1. The van der Waals surface area contributed by atoms with Gasteiger partial charge in [0.05, 0.1) is 33.9 Å². The van der Waals surface area contributed by atoms with E-state index < -0.39 is 15.6 Å². The molecule has 5 atom stereocenters. The van der Waals surface area contributed by atoms with Gasteiger partial charge in [-0.15, -0.1) is 0 Å². The van der Waals surface area contributed by atoms with E-state index >= 15 is 0 Å². The molecule has 1 saturated carbocycles. The summed E-state index contributed by atoms with van der Waals surface area (Å²) in [7, 11) is -1.38. The first-order valence-electron chi connectivity index (χ1n) is 17.9. The second-order valence-electron chi connectivity index (χ2n) is 14.5. The van der Waals surface area contributed by atoms with Gasteiger partial charge in [0.25, 0.3) is 5.91 Å². The first-order chi connectivity index (χ1) is 24.2. The number of methoxy groups -OCH3 is 1. The summed E-state index contributed by atoms with van der Waals surface area (Å²) in [6.07, 6.45) is 14.8. The number of amides is 1. The zero-order chi connectivity index (χ0) is 34.7. The second-order valence-corrected chi connectivity index (χ2v) is 17.3. The first kappa shape index (κ1) is 34.9. The third-order valence-electron chi connectivity index (χ3n) is 11.1. The van der Waals surface area contributed by atoms with Crippen LogP contribution in [0.15, 0.2) is 77.4 Å². The third-order valence-corrected chi connectivity index (χ3v) is 13.6. The van der Waals surface area contributed by atoms with E-state index in [2.05, 4.69) is 38.5 Å². The number of nitrogens with zero attached hydrogens (tertiary/aromatic N) is 3. The van der Waals surface area contributed by atoms with Gasteiger partial charge < -0.3 is 14.4 Å². The Bertz CT molecular complexity index is 1890. The Morgan fingerprint density at radius 3 is 2.78 bits per heavy atom. The van der Waals surface area contributed by atoms with Gasteiger partial charge in [-0.05, 0) is 122 Å². The number of carbonyl (C=O) groups excluding carboxylic acids is 2. The summed E-state index contributed by atoms with van der Waals surface area (Å²) in [5, 5.41) is 0.749. The maximum absolute atomic E-state index is 14.4. The number of ether oxygens (including phenoxy) is 2. The van der Waals surface area contributed by atoms with Gasteiger partial charge in [0.2, 0.25) is 0 Å². The summed E-state index contributed by atoms with van der Waals surface area (Å²) >= 11 is 6.45. The summed E-state index contributed by atoms with van der Waals surface area (Å²) in [5.41, 5.74) is 4.52. The van der Waals surface area contributed by atoms with Gasteiger partial charge >= 0.3 is 0 Å². The zero-order valence-corrected chi connectivity index (χ0v) is 30.3. The molecular weight excluding hydrogens is 670 g/mol. The summed E-state index contributed by atoms with van der Waals surface area (Å²) in [5.74, 6) is 0.711. The molecule has 0 unspecified atom stereocenters. The van der Waals surface area contributed by atoms with Crippen molar-refractivity contribution in [2.75, 3.05) is 43.2 Å². The number of ketones is 1. The Morgan fingerprint density at radius 2 is 1.98 bits per heavy atom. The number of benzene rings is 2. The summed E-state index contributed by atoms with van der Waals surface area (Å²) in [4.78, 5) is 33.5. The monoisotopic (exact) mass is 715 g/mol. The summed E-state index contributed by atoms with van der Waals surface area (Å²) in [6, 6.07) is 15.4. The van der Waals surface area contributed by atoms with Crippen LogP contribution in [0.1, 0.15) is 72.0 Å². The Morgan fingerprint density at radius 1 is 1.12 bits per heavy atom. The quantitative estimate of drug-likeness (QED) is 0.245. The highest BCUT2D eigenvalue weighted by atomic mass is 35.5. The molecular formula is C40H46ClN3O5S. The van der Waals surface area contributed by atoms with E-state index in [-0.39, 0.29) is 35.2 Å². The zero-order valence-electron chi connectivity index (χ0n) is 28.7. The average Bonchev–Trinajstić information content (AvgIpc) is 3.25. The highest BCUT2D eigenvalue weighted by molar-refractivity contribution is 7.94. The minimum absolute atomic E-state index is 0.0208. The van der Waals surface area contributed by atoms with Crippen molar-refractivity contribution < 1.29 is 23.3 Å². The number of aryl methyl sites for hydroxylation is 2. The van der Waals surface area contributed by atoms with Crippen LogP contribution in [-0.4, -0.2) is 65.3 Å². The van der Waals surface area contributed by atoms with Gasteiger partial charge in [0.1, 0.15) is 11.5 Å². The van der Waals surface area contributed by atoms with Crippen molar-refractivity contribution in [1.82, 2.24) is 4.98 Å². The summed E-state index contributed by atoms with van der Waals surface area (Å²) < 4.78 is 31.4. The van der Waals surface area contributed by atoms with Gasteiger partial charge in [0.15, 0.2) is 0 Å². The molecule has 7 rings (SSSR count). The minimum atomic E-state index is -3.15. The van der Waals surface area contributed by atoms with Gasteiger partial charge in [-0.3, -0.25) is 14.6 Å². The van der Waals surface area contributed by atoms with Crippen LogP contribution in [-0.2, 0) is 37.5 Å². The number of halogens is 1. The Balaban J connectivity index is 1.24. The van der Waals surface area contributed by atoms with Crippen LogP contribution in [0.2, 0.25) is 5.02 Å². The van der Waals surface area contributed by atoms with Gasteiger partial charge in [-0.2, -0.15) is 4.36 Å². The van der Waals surface area contributed by atoms with E-state index in [0.29, 0.717) is 43.3 Å². The van der Waals surface area contributed by atoms with E-state index in [0.717, 1.165) is 67.2 Å². The number of allylic oxidation sites excluding steroid dienone is 1. The molecule has 2 aliphatic heterocycles. The second kappa shape index (κ2) is 15.0. The molecule has 0 radical (unpaired) electrons. The van der Waals surface area contributed by atoms with Crippen molar-refractivity contribution in [3.8, 4) is 5.75 Å². The lowest BCUT2D eigenvalue weighted by Gasteiger charge is -2.46. The maximum Gasteiger partial charge on any atom is 0.285 e. The number of rotatable bonds is 6. The molecule has 0 saturated heterocycles. The van der Waals surface area contributed by atoms with Crippen molar-refractivity contribution in [3.63, 3.8) is 0 Å². The van der Waals surface area contributed by atoms with Crippen LogP contribution in [0.3, 0.4) is 0 Å². The van der Waals surface area contributed by atoms with Gasteiger partial charge in [-0.1, -0.05) is 29.8 Å². The average molecular weight is 716 g/mol. The highest BCUT2D eigenvalue weighted by Crippen LogP contribution is 2.47. The molecule has 0 N–H and O–H groups in total. The van der Waals surface area contributed by atoms with Gasteiger partial charge in [0, 0.05) is 60.8 Å². The topological polar surface area (TPSA) is 98.2 Å².